The fourth-order valence-corrected chi connectivity index (χ4v) is 2.73. The average Bonchev–Trinajstić information content (AvgIpc) is 2.68. The molecule has 6 nitrogen and oxygen atoms in total. The fraction of sp³-hybridized carbons (Fsp3) is 0.917. The van der Waals surface area contributed by atoms with Gasteiger partial charge in [-0.25, -0.2) is 0 Å². The van der Waals surface area contributed by atoms with Crippen LogP contribution >= 0.6 is 0 Å². The molecule has 0 aromatic carbocycles. The van der Waals surface area contributed by atoms with Crippen molar-refractivity contribution in [3.63, 3.8) is 0 Å². The van der Waals surface area contributed by atoms with Crippen molar-refractivity contribution in [2.45, 2.75) is 44.7 Å². The molecule has 2 atom stereocenters. The molecule has 1 heterocycles. The van der Waals surface area contributed by atoms with E-state index in [1.807, 2.05) is 6.92 Å². The van der Waals surface area contributed by atoms with Crippen LogP contribution < -0.4 is 0 Å². The van der Waals surface area contributed by atoms with Gasteiger partial charge in [-0.1, -0.05) is 11.5 Å². The zero-order chi connectivity index (χ0) is 13.0. The minimum absolute atomic E-state index is 0.0931. The molecule has 2 rings (SSSR count). The van der Waals surface area contributed by atoms with E-state index in [0.29, 0.717) is 25.5 Å². The van der Waals surface area contributed by atoms with Crippen molar-refractivity contribution in [1.82, 2.24) is 4.90 Å². The zero-order valence-corrected chi connectivity index (χ0v) is 10.8. The molecular formula is C12H20N4O2. The Balaban J connectivity index is 1.97. The van der Waals surface area contributed by atoms with Crippen molar-refractivity contribution in [2.24, 2.45) is 11.0 Å². The summed E-state index contributed by atoms with van der Waals surface area (Å²) in [6, 6.07) is -0.314. The van der Waals surface area contributed by atoms with Gasteiger partial charge in [0.2, 0.25) is 0 Å². The van der Waals surface area contributed by atoms with Crippen LogP contribution in [0.25, 0.3) is 10.4 Å². The smallest absolute Gasteiger partial charge is 0.323 e. The van der Waals surface area contributed by atoms with Crippen molar-refractivity contribution in [3.8, 4) is 0 Å². The van der Waals surface area contributed by atoms with Gasteiger partial charge in [-0.3, -0.25) is 9.69 Å². The molecule has 18 heavy (non-hydrogen) atoms. The topological polar surface area (TPSA) is 78.3 Å². The Labute approximate surface area is 107 Å². The second-order valence-electron chi connectivity index (χ2n) is 5.11. The highest BCUT2D eigenvalue weighted by Gasteiger charge is 2.38. The standard InChI is InChI=1S/C12H20N4O2/c1-2-18-12(17)11-6-10(14-15-13)8-16(11)7-9-4-3-5-9/h9-11H,2-8H2,1H3. The summed E-state index contributed by atoms with van der Waals surface area (Å²) in [4.78, 5) is 16.9. The molecule has 1 aliphatic carbocycles. The lowest BCUT2D eigenvalue weighted by Crippen LogP contribution is -2.41. The quantitative estimate of drug-likeness (QED) is 0.325. The first kappa shape index (κ1) is 13.2. The molecule has 100 valence electrons. The molecule has 0 aromatic rings. The van der Waals surface area contributed by atoms with Crippen LogP contribution in [0.15, 0.2) is 5.11 Å². The molecule has 0 amide bonds. The molecule has 0 bridgehead atoms. The monoisotopic (exact) mass is 252 g/mol. The fourth-order valence-electron chi connectivity index (χ4n) is 2.73. The van der Waals surface area contributed by atoms with Crippen LogP contribution in [-0.2, 0) is 9.53 Å². The first-order valence-corrected chi connectivity index (χ1v) is 6.69. The predicted octanol–water partition coefficient (Wildman–Crippen LogP) is 2.10. The summed E-state index contributed by atoms with van der Waals surface area (Å²) in [6.07, 6.45) is 4.38. The van der Waals surface area contributed by atoms with E-state index >= 15 is 0 Å². The minimum Gasteiger partial charge on any atom is -0.465 e. The number of azide groups is 1. The predicted molar refractivity (Wildman–Crippen MR) is 66.9 cm³/mol. The van der Waals surface area contributed by atoms with E-state index in [1.165, 1.54) is 19.3 Å². The lowest BCUT2D eigenvalue weighted by molar-refractivity contribution is -0.148. The van der Waals surface area contributed by atoms with E-state index in [4.69, 9.17) is 10.3 Å². The summed E-state index contributed by atoms with van der Waals surface area (Å²) in [6.45, 7) is 3.83. The van der Waals surface area contributed by atoms with Crippen LogP contribution in [-0.4, -0.2) is 42.6 Å². The Hall–Kier alpha value is -1.26. The second-order valence-corrected chi connectivity index (χ2v) is 5.11. The number of rotatable bonds is 5. The second kappa shape index (κ2) is 6.07. The van der Waals surface area contributed by atoms with Crippen LogP contribution in [0.4, 0.5) is 0 Å². The maximum absolute atomic E-state index is 11.9. The summed E-state index contributed by atoms with van der Waals surface area (Å²) < 4.78 is 5.10. The number of hydrogen-bond donors (Lipinski definition) is 0. The van der Waals surface area contributed by atoms with E-state index < -0.39 is 0 Å². The largest absolute Gasteiger partial charge is 0.465 e. The molecule has 0 aromatic heterocycles. The first-order valence-electron chi connectivity index (χ1n) is 6.69. The number of esters is 1. The summed E-state index contributed by atoms with van der Waals surface area (Å²) >= 11 is 0. The third-order valence-electron chi connectivity index (χ3n) is 3.87. The van der Waals surface area contributed by atoms with Crippen molar-refractivity contribution in [1.29, 1.82) is 0 Å². The van der Waals surface area contributed by atoms with Gasteiger partial charge in [0.05, 0.1) is 12.6 Å². The van der Waals surface area contributed by atoms with E-state index in [9.17, 15) is 4.79 Å². The molecular weight excluding hydrogens is 232 g/mol. The third kappa shape index (κ3) is 2.94. The van der Waals surface area contributed by atoms with Crippen LogP contribution in [0.5, 0.6) is 0 Å². The molecule has 0 radical (unpaired) electrons. The highest BCUT2D eigenvalue weighted by Crippen LogP contribution is 2.31. The lowest BCUT2D eigenvalue weighted by Gasteiger charge is -2.32. The van der Waals surface area contributed by atoms with Crippen molar-refractivity contribution >= 4 is 5.97 Å². The highest BCUT2D eigenvalue weighted by molar-refractivity contribution is 5.76. The molecule has 1 aliphatic heterocycles. The molecule has 1 saturated carbocycles. The maximum Gasteiger partial charge on any atom is 0.323 e. The van der Waals surface area contributed by atoms with Crippen molar-refractivity contribution < 1.29 is 9.53 Å². The molecule has 0 N–H and O–H groups in total. The van der Waals surface area contributed by atoms with Crippen LogP contribution in [0.3, 0.4) is 0 Å². The molecule has 2 fully saturated rings. The summed E-state index contributed by atoms with van der Waals surface area (Å²) in [7, 11) is 0. The molecule has 2 unspecified atom stereocenters. The average molecular weight is 252 g/mol. The molecule has 6 heteroatoms. The number of carbonyl (C=O) groups is 1. The Bertz CT molecular complexity index is 350. The Morgan fingerprint density at radius 1 is 1.56 bits per heavy atom. The van der Waals surface area contributed by atoms with E-state index in [2.05, 4.69) is 14.9 Å². The van der Waals surface area contributed by atoms with Gasteiger partial charge in [-0.15, -0.1) is 0 Å². The SMILES string of the molecule is CCOC(=O)C1CC(N=[N+]=[N-])CN1CC1CCC1. The van der Waals surface area contributed by atoms with Gasteiger partial charge in [-0.05, 0) is 37.6 Å². The van der Waals surface area contributed by atoms with Gasteiger partial charge in [-0.2, -0.15) is 0 Å². The number of nitrogens with zero attached hydrogens (tertiary/aromatic N) is 4. The highest BCUT2D eigenvalue weighted by atomic mass is 16.5. The molecule has 2 aliphatic rings. The Morgan fingerprint density at radius 3 is 2.89 bits per heavy atom. The van der Waals surface area contributed by atoms with Gasteiger partial charge in [0.1, 0.15) is 6.04 Å². The number of likely N-dealkylation sites (tertiary alicyclic amines) is 1. The van der Waals surface area contributed by atoms with Crippen LogP contribution in [0.2, 0.25) is 0 Å². The van der Waals surface area contributed by atoms with Gasteiger partial charge in [0.15, 0.2) is 0 Å². The maximum atomic E-state index is 11.9. The summed E-state index contributed by atoms with van der Waals surface area (Å²) in [5, 5.41) is 3.75. The summed E-state index contributed by atoms with van der Waals surface area (Å²) in [5.41, 5.74) is 8.50. The third-order valence-corrected chi connectivity index (χ3v) is 3.87. The lowest BCUT2D eigenvalue weighted by atomic mass is 9.85. The van der Waals surface area contributed by atoms with Crippen LogP contribution in [0, 0.1) is 5.92 Å². The molecule has 0 spiro atoms. The summed E-state index contributed by atoms with van der Waals surface area (Å²) in [5.74, 6) is 0.527. The minimum atomic E-state index is -0.221. The van der Waals surface area contributed by atoms with Gasteiger partial charge < -0.3 is 4.74 Å². The van der Waals surface area contributed by atoms with E-state index in [1.54, 1.807) is 0 Å². The Morgan fingerprint density at radius 2 is 2.33 bits per heavy atom. The number of ether oxygens (including phenoxy) is 1. The zero-order valence-electron chi connectivity index (χ0n) is 10.8. The van der Waals surface area contributed by atoms with E-state index in [0.717, 1.165) is 6.54 Å². The van der Waals surface area contributed by atoms with Crippen molar-refractivity contribution in [3.05, 3.63) is 10.4 Å². The van der Waals surface area contributed by atoms with Gasteiger partial charge in [0.25, 0.3) is 0 Å². The van der Waals surface area contributed by atoms with Crippen molar-refractivity contribution in [2.75, 3.05) is 19.7 Å². The first-order chi connectivity index (χ1) is 8.74. The molecule has 1 saturated heterocycles. The number of carbonyl (C=O) groups excluding carboxylic acids is 1. The Kier molecular flexibility index (Phi) is 4.44. The van der Waals surface area contributed by atoms with Gasteiger partial charge >= 0.3 is 5.97 Å². The normalized spacial score (nSPS) is 28.5. The van der Waals surface area contributed by atoms with E-state index in [-0.39, 0.29) is 18.1 Å². The number of hydrogen-bond acceptors (Lipinski definition) is 4. The van der Waals surface area contributed by atoms with Crippen LogP contribution in [0.1, 0.15) is 32.6 Å². The van der Waals surface area contributed by atoms with Gasteiger partial charge in [0, 0.05) is 18.0 Å².